The topological polar surface area (TPSA) is 32.7 Å². The second-order valence-corrected chi connectivity index (χ2v) is 4.81. The number of benzene rings is 1. The van der Waals surface area contributed by atoms with Crippen LogP contribution in [0.4, 0.5) is 0 Å². The molecule has 0 radical (unpaired) electrons. The third-order valence-electron chi connectivity index (χ3n) is 3.46. The van der Waals surface area contributed by atoms with Crippen molar-refractivity contribution in [3.8, 4) is 5.75 Å². The first-order valence-corrected chi connectivity index (χ1v) is 7.09. The standard InChI is InChI=1S/C16H23NO2/c1-2-19-16-6-4-14(5-7-16)15-8-11-17(12-9-15)10-3-13-18/h4-8,18H,2-3,9-13H2,1H3. The molecule has 3 heteroatoms. The van der Waals surface area contributed by atoms with E-state index in [2.05, 4.69) is 23.1 Å². The lowest BCUT2D eigenvalue weighted by atomic mass is 9.99. The van der Waals surface area contributed by atoms with Crippen LogP contribution < -0.4 is 4.74 Å². The van der Waals surface area contributed by atoms with Crippen LogP contribution in [0.1, 0.15) is 25.3 Å². The molecule has 0 fully saturated rings. The van der Waals surface area contributed by atoms with Crippen molar-refractivity contribution in [1.82, 2.24) is 4.90 Å². The van der Waals surface area contributed by atoms with Crippen LogP contribution >= 0.6 is 0 Å². The zero-order valence-corrected chi connectivity index (χ0v) is 11.6. The summed E-state index contributed by atoms with van der Waals surface area (Å²) in [5, 5.41) is 8.84. The minimum Gasteiger partial charge on any atom is -0.494 e. The summed E-state index contributed by atoms with van der Waals surface area (Å²) >= 11 is 0. The minimum atomic E-state index is 0.284. The lowest BCUT2D eigenvalue weighted by Gasteiger charge is -2.26. The highest BCUT2D eigenvalue weighted by Crippen LogP contribution is 2.24. The van der Waals surface area contributed by atoms with Gasteiger partial charge < -0.3 is 9.84 Å². The van der Waals surface area contributed by atoms with Crippen LogP contribution in [0.2, 0.25) is 0 Å². The Balaban J connectivity index is 1.93. The van der Waals surface area contributed by atoms with Crippen molar-refractivity contribution >= 4 is 5.57 Å². The van der Waals surface area contributed by atoms with Gasteiger partial charge in [0.25, 0.3) is 0 Å². The fraction of sp³-hybridized carbons (Fsp3) is 0.500. The minimum absolute atomic E-state index is 0.284. The molecule has 0 saturated heterocycles. The molecule has 1 aliphatic heterocycles. The van der Waals surface area contributed by atoms with E-state index in [-0.39, 0.29) is 6.61 Å². The summed E-state index contributed by atoms with van der Waals surface area (Å²) in [6.07, 6.45) is 4.25. The molecule has 104 valence electrons. The zero-order chi connectivity index (χ0) is 13.5. The molecule has 1 N–H and O–H groups in total. The molecule has 1 aromatic rings. The summed E-state index contributed by atoms with van der Waals surface area (Å²) in [5.41, 5.74) is 2.72. The molecule has 0 saturated carbocycles. The highest BCUT2D eigenvalue weighted by molar-refractivity contribution is 5.67. The van der Waals surface area contributed by atoms with E-state index in [0.29, 0.717) is 6.61 Å². The smallest absolute Gasteiger partial charge is 0.119 e. The van der Waals surface area contributed by atoms with Crippen molar-refractivity contribution in [1.29, 1.82) is 0 Å². The number of aliphatic hydroxyl groups excluding tert-OH is 1. The lowest BCUT2D eigenvalue weighted by Crippen LogP contribution is -2.29. The predicted octanol–water partition coefficient (Wildman–Crippen LogP) is 2.56. The van der Waals surface area contributed by atoms with Crippen LogP contribution in [0.5, 0.6) is 5.75 Å². The quantitative estimate of drug-likeness (QED) is 0.854. The molecule has 3 nitrogen and oxygen atoms in total. The maximum Gasteiger partial charge on any atom is 0.119 e. The van der Waals surface area contributed by atoms with Gasteiger partial charge in [-0.15, -0.1) is 0 Å². The van der Waals surface area contributed by atoms with E-state index in [9.17, 15) is 0 Å². The van der Waals surface area contributed by atoms with Crippen LogP contribution in [0, 0.1) is 0 Å². The summed E-state index contributed by atoms with van der Waals surface area (Å²) < 4.78 is 5.46. The fourth-order valence-electron chi connectivity index (χ4n) is 2.40. The number of hydrogen-bond acceptors (Lipinski definition) is 3. The molecule has 0 atom stereocenters. The van der Waals surface area contributed by atoms with Gasteiger partial charge in [0.2, 0.25) is 0 Å². The number of rotatable bonds is 6. The van der Waals surface area contributed by atoms with Gasteiger partial charge in [-0.25, -0.2) is 0 Å². The van der Waals surface area contributed by atoms with Crippen molar-refractivity contribution in [2.75, 3.05) is 32.8 Å². The van der Waals surface area contributed by atoms with Gasteiger partial charge in [0.1, 0.15) is 5.75 Å². The maximum absolute atomic E-state index is 8.84. The van der Waals surface area contributed by atoms with Crippen molar-refractivity contribution in [3.05, 3.63) is 35.9 Å². The Morgan fingerprint density at radius 2 is 2.05 bits per heavy atom. The number of ether oxygens (including phenoxy) is 1. The van der Waals surface area contributed by atoms with Crippen molar-refractivity contribution in [2.45, 2.75) is 19.8 Å². The van der Waals surface area contributed by atoms with E-state index in [4.69, 9.17) is 9.84 Å². The molecular weight excluding hydrogens is 238 g/mol. The number of hydrogen-bond donors (Lipinski definition) is 1. The molecule has 1 aliphatic rings. The van der Waals surface area contributed by atoms with Crippen LogP contribution in [-0.2, 0) is 0 Å². The Morgan fingerprint density at radius 3 is 2.63 bits per heavy atom. The lowest BCUT2D eigenvalue weighted by molar-refractivity contribution is 0.236. The van der Waals surface area contributed by atoms with E-state index in [0.717, 1.165) is 38.2 Å². The van der Waals surface area contributed by atoms with Gasteiger partial charge in [-0.1, -0.05) is 18.2 Å². The summed E-state index contributed by atoms with van der Waals surface area (Å²) in [5.74, 6) is 0.937. The molecule has 0 bridgehead atoms. The summed E-state index contributed by atoms with van der Waals surface area (Å²) in [4.78, 5) is 2.38. The molecule has 0 aromatic heterocycles. The fourth-order valence-corrected chi connectivity index (χ4v) is 2.40. The average Bonchev–Trinajstić information content (AvgIpc) is 2.47. The van der Waals surface area contributed by atoms with Crippen LogP contribution in [0.25, 0.3) is 5.57 Å². The first kappa shape index (κ1) is 14.1. The van der Waals surface area contributed by atoms with Gasteiger partial charge in [-0.3, -0.25) is 4.90 Å². The largest absolute Gasteiger partial charge is 0.494 e. The molecule has 0 aliphatic carbocycles. The second-order valence-electron chi connectivity index (χ2n) is 4.81. The van der Waals surface area contributed by atoms with Crippen LogP contribution in [0.3, 0.4) is 0 Å². The maximum atomic E-state index is 8.84. The van der Waals surface area contributed by atoms with Gasteiger partial charge in [0, 0.05) is 26.2 Å². The Labute approximate surface area is 115 Å². The highest BCUT2D eigenvalue weighted by Gasteiger charge is 2.12. The van der Waals surface area contributed by atoms with Crippen molar-refractivity contribution in [2.24, 2.45) is 0 Å². The molecule has 0 unspecified atom stereocenters. The van der Waals surface area contributed by atoms with E-state index in [1.807, 2.05) is 19.1 Å². The normalized spacial score (nSPS) is 16.2. The number of nitrogens with zero attached hydrogens (tertiary/aromatic N) is 1. The third kappa shape index (κ3) is 4.08. The first-order chi connectivity index (χ1) is 9.33. The third-order valence-corrected chi connectivity index (χ3v) is 3.46. The van der Waals surface area contributed by atoms with Gasteiger partial charge >= 0.3 is 0 Å². The van der Waals surface area contributed by atoms with Gasteiger partial charge in [0.15, 0.2) is 0 Å². The Hall–Kier alpha value is -1.32. The Morgan fingerprint density at radius 1 is 1.26 bits per heavy atom. The Kier molecular flexibility index (Phi) is 5.43. The Bertz CT molecular complexity index is 411. The molecule has 2 rings (SSSR count). The SMILES string of the molecule is CCOc1ccc(C2=CCN(CCCO)CC2)cc1. The van der Waals surface area contributed by atoms with Gasteiger partial charge in [0.05, 0.1) is 6.61 Å². The summed E-state index contributed by atoms with van der Waals surface area (Å²) in [6, 6.07) is 8.36. The predicted molar refractivity (Wildman–Crippen MR) is 78.3 cm³/mol. The molecule has 1 aromatic carbocycles. The first-order valence-electron chi connectivity index (χ1n) is 7.09. The molecule has 19 heavy (non-hydrogen) atoms. The molecule has 1 heterocycles. The van der Waals surface area contributed by atoms with Gasteiger partial charge in [-0.05, 0) is 43.0 Å². The monoisotopic (exact) mass is 261 g/mol. The average molecular weight is 261 g/mol. The molecular formula is C16H23NO2. The zero-order valence-electron chi connectivity index (χ0n) is 11.6. The van der Waals surface area contributed by atoms with E-state index >= 15 is 0 Å². The van der Waals surface area contributed by atoms with Crippen molar-refractivity contribution in [3.63, 3.8) is 0 Å². The highest BCUT2D eigenvalue weighted by atomic mass is 16.5. The summed E-state index contributed by atoms with van der Waals surface area (Å²) in [7, 11) is 0. The van der Waals surface area contributed by atoms with Crippen LogP contribution in [-0.4, -0.2) is 42.9 Å². The van der Waals surface area contributed by atoms with Gasteiger partial charge in [-0.2, -0.15) is 0 Å². The van der Waals surface area contributed by atoms with E-state index < -0.39 is 0 Å². The molecule has 0 amide bonds. The summed E-state index contributed by atoms with van der Waals surface area (Å²) in [6.45, 7) is 6.05. The van der Waals surface area contributed by atoms with E-state index in [1.165, 1.54) is 11.1 Å². The molecule has 0 spiro atoms. The van der Waals surface area contributed by atoms with E-state index in [1.54, 1.807) is 0 Å². The van der Waals surface area contributed by atoms with Crippen molar-refractivity contribution < 1.29 is 9.84 Å². The van der Waals surface area contributed by atoms with Crippen LogP contribution in [0.15, 0.2) is 30.3 Å². The second kappa shape index (κ2) is 7.31. The number of aliphatic hydroxyl groups is 1.